The molecule has 0 N–H and O–H groups in total. The first-order chi connectivity index (χ1) is 20.6. The van der Waals surface area contributed by atoms with Crippen LogP contribution < -0.4 is 0 Å². The van der Waals surface area contributed by atoms with Gasteiger partial charge in [-0.15, -0.1) is 0 Å². The van der Waals surface area contributed by atoms with Crippen molar-refractivity contribution in [3.8, 4) is 0 Å². The van der Waals surface area contributed by atoms with E-state index in [1.807, 2.05) is 60.7 Å². The fraction of sp³-hybridized carbons (Fsp3) is 0.0588. The van der Waals surface area contributed by atoms with Crippen LogP contribution in [-0.2, 0) is 0 Å². The molecular weight excluding hydrogens is 650 g/mol. The molecule has 0 aliphatic carbocycles. The SMILES string of the molecule is Cc1ccc(C2=NC(=N\N=C/c3ccccc3)/[Se]/C2=C2\[Se]/C(=N/N=C\c3ccccc3)N=C2c2ccc(C)cc2)cc1. The predicted molar refractivity (Wildman–Crippen MR) is 177 cm³/mol. The van der Waals surface area contributed by atoms with Gasteiger partial charge in [0.05, 0.1) is 0 Å². The first kappa shape index (κ1) is 27.8. The second-order valence-corrected chi connectivity index (χ2v) is 13.7. The topological polar surface area (TPSA) is 74.2 Å². The summed E-state index contributed by atoms with van der Waals surface area (Å²) >= 11 is -0.306. The van der Waals surface area contributed by atoms with Crippen molar-refractivity contribution < 1.29 is 0 Å². The van der Waals surface area contributed by atoms with E-state index in [2.05, 4.69) is 82.8 Å². The van der Waals surface area contributed by atoms with Gasteiger partial charge < -0.3 is 0 Å². The van der Waals surface area contributed by atoms with Crippen LogP contribution in [0.1, 0.15) is 33.4 Å². The van der Waals surface area contributed by atoms with Crippen molar-refractivity contribution in [2.24, 2.45) is 30.4 Å². The van der Waals surface area contributed by atoms with E-state index >= 15 is 0 Å². The van der Waals surface area contributed by atoms with E-state index in [-0.39, 0.29) is 29.9 Å². The Balaban J connectivity index is 1.41. The van der Waals surface area contributed by atoms with E-state index in [1.54, 1.807) is 12.4 Å². The standard InChI is InChI=1S/C34H26N6Se2/c1-23-13-17-27(18-14-23)29-31(41-33(37-29)39-35-21-25-9-5-3-6-10-25)32-30(28-19-15-24(2)16-20-28)38-34(42-32)40-36-22-26-11-7-4-8-12-26/h3-22H,1-2H3/b32-31-,35-21-,36-22-,39-33+,40-34+. The normalized spacial score (nSPS) is 18.9. The molecule has 0 atom stereocenters. The summed E-state index contributed by atoms with van der Waals surface area (Å²) in [6.07, 6.45) is 3.53. The van der Waals surface area contributed by atoms with Crippen LogP contribution in [0.2, 0.25) is 0 Å². The van der Waals surface area contributed by atoms with Crippen LogP contribution in [0, 0.1) is 13.8 Å². The Morgan fingerprint density at radius 3 is 1.26 bits per heavy atom. The van der Waals surface area contributed by atoms with Gasteiger partial charge in [0.25, 0.3) is 0 Å². The van der Waals surface area contributed by atoms with Crippen molar-refractivity contribution in [1.82, 2.24) is 0 Å². The maximum atomic E-state index is 5.02. The zero-order chi connectivity index (χ0) is 28.7. The molecule has 0 spiro atoms. The van der Waals surface area contributed by atoms with Crippen LogP contribution in [0.4, 0.5) is 0 Å². The van der Waals surface area contributed by atoms with Crippen molar-refractivity contribution in [2.45, 2.75) is 13.8 Å². The first-order valence-electron chi connectivity index (χ1n) is 13.4. The minimum atomic E-state index is -0.153. The summed E-state index contributed by atoms with van der Waals surface area (Å²) in [4.78, 5) is 10.0. The zero-order valence-electron chi connectivity index (χ0n) is 23.0. The number of aryl methyl sites for hydroxylation is 2. The van der Waals surface area contributed by atoms with Crippen LogP contribution in [0.3, 0.4) is 0 Å². The van der Waals surface area contributed by atoms with Gasteiger partial charge >= 0.3 is 259 Å². The summed E-state index contributed by atoms with van der Waals surface area (Å²) in [5.41, 5.74) is 8.41. The number of allylic oxidation sites excluding steroid dienone is 2. The molecular formula is C34H26N6Se2. The van der Waals surface area contributed by atoms with Crippen LogP contribution >= 0.6 is 0 Å². The molecule has 0 saturated heterocycles. The van der Waals surface area contributed by atoms with Gasteiger partial charge in [0, 0.05) is 0 Å². The molecule has 2 heterocycles. The summed E-state index contributed by atoms with van der Waals surface area (Å²) in [5.74, 6) is 0. The van der Waals surface area contributed by atoms with Crippen LogP contribution in [0.5, 0.6) is 0 Å². The molecule has 0 saturated carbocycles. The number of aliphatic imine (C=N–C) groups is 2. The molecule has 2 aliphatic heterocycles. The average Bonchev–Trinajstić information content (AvgIpc) is 3.64. The molecule has 204 valence electrons. The molecule has 0 unspecified atom stereocenters. The molecule has 0 radical (unpaired) electrons. The van der Waals surface area contributed by atoms with Gasteiger partial charge in [-0.3, -0.25) is 0 Å². The van der Waals surface area contributed by atoms with E-state index < -0.39 is 0 Å². The van der Waals surface area contributed by atoms with Crippen molar-refractivity contribution in [1.29, 1.82) is 0 Å². The third-order valence-electron chi connectivity index (χ3n) is 6.39. The van der Waals surface area contributed by atoms with Gasteiger partial charge in [0.15, 0.2) is 0 Å². The number of nitrogens with zero attached hydrogens (tertiary/aromatic N) is 6. The number of hydrogen-bond acceptors (Lipinski definition) is 4. The summed E-state index contributed by atoms with van der Waals surface area (Å²) < 4.78 is 3.83. The predicted octanol–water partition coefficient (Wildman–Crippen LogP) is 6.01. The third kappa shape index (κ3) is 6.76. The summed E-state index contributed by atoms with van der Waals surface area (Å²) in [7, 11) is 0. The Kier molecular flexibility index (Phi) is 8.69. The quantitative estimate of drug-likeness (QED) is 0.136. The molecule has 0 amide bonds. The summed E-state index contributed by atoms with van der Waals surface area (Å²) in [6, 6.07) is 36.9. The Hall–Kier alpha value is -4.32. The van der Waals surface area contributed by atoms with Crippen LogP contribution in [-0.4, -0.2) is 63.2 Å². The average molecular weight is 677 g/mol. The van der Waals surface area contributed by atoms with Crippen molar-refractivity contribution in [3.05, 3.63) is 152 Å². The van der Waals surface area contributed by atoms with Crippen LogP contribution in [0.25, 0.3) is 0 Å². The number of rotatable bonds is 6. The monoisotopic (exact) mass is 678 g/mol. The molecule has 0 bridgehead atoms. The van der Waals surface area contributed by atoms with Crippen LogP contribution in [0.15, 0.2) is 149 Å². The number of amidine groups is 2. The van der Waals surface area contributed by atoms with Gasteiger partial charge in [0.2, 0.25) is 0 Å². The van der Waals surface area contributed by atoms with Gasteiger partial charge in [-0.2, -0.15) is 0 Å². The van der Waals surface area contributed by atoms with Gasteiger partial charge in [-0.1, -0.05) is 0 Å². The van der Waals surface area contributed by atoms with E-state index in [1.165, 1.54) is 20.1 Å². The second kappa shape index (κ2) is 13.1. The maximum absolute atomic E-state index is 5.02. The Morgan fingerprint density at radius 1 is 0.500 bits per heavy atom. The Bertz CT molecular complexity index is 1660. The van der Waals surface area contributed by atoms with Gasteiger partial charge in [0.1, 0.15) is 0 Å². The molecule has 4 aromatic rings. The molecule has 0 aromatic heterocycles. The Labute approximate surface area is 257 Å². The van der Waals surface area contributed by atoms with Crippen molar-refractivity contribution in [3.63, 3.8) is 0 Å². The van der Waals surface area contributed by atoms with Gasteiger partial charge in [-0.05, 0) is 0 Å². The fourth-order valence-electron chi connectivity index (χ4n) is 4.19. The molecule has 8 heteroatoms. The number of hydrogen-bond donors (Lipinski definition) is 0. The number of benzene rings is 4. The molecule has 6 rings (SSSR count). The second-order valence-electron chi connectivity index (χ2n) is 9.59. The van der Waals surface area contributed by atoms with Crippen molar-refractivity contribution in [2.75, 3.05) is 0 Å². The van der Waals surface area contributed by atoms with Crippen molar-refractivity contribution >= 4 is 63.2 Å². The first-order valence-corrected chi connectivity index (χ1v) is 16.8. The molecule has 6 nitrogen and oxygen atoms in total. The molecule has 42 heavy (non-hydrogen) atoms. The van der Waals surface area contributed by atoms with E-state index in [9.17, 15) is 0 Å². The van der Waals surface area contributed by atoms with E-state index in [0.717, 1.165) is 43.1 Å². The zero-order valence-corrected chi connectivity index (χ0v) is 26.5. The third-order valence-corrected chi connectivity index (χ3v) is 11.1. The molecule has 2 aliphatic rings. The summed E-state index contributed by atoms with van der Waals surface area (Å²) in [5, 5.41) is 17.9. The minimum absolute atomic E-state index is 0.153. The van der Waals surface area contributed by atoms with E-state index in [4.69, 9.17) is 9.98 Å². The summed E-state index contributed by atoms with van der Waals surface area (Å²) in [6.45, 7) is 4.19. The Morgan fingerprint density at radius 2 is 0.881 bits per heavy atom. The van der Waals surface area contributed by atoms with E-state index in [0.29, 0.717) is 0 Å². The fourth-order valence-corrected chi connectivity index (χ4v) is 8.70. The molecule has 0 fully saturated rings. The van der Waals surface area contributed by atoms with Gasteiger partial charge in [-0.25, -0.2) is 0 Å². The molecule has 4 aromatic carbocycles.